The third kappa shape index (κ3) is 3.22. The number of hydrogen-bond acceptors (Lipinski definition) is 8. The summed E-state index contributed by atoms with van der Waals surface area (Å²) in [5, 5.41) is 29.9. The van der Waals surface area contributed by atoms with Crippen LogP contribution in [-0.2, 0) is 11.3 Å². The van der Waals surface area contributed by atoms with Gasteiger partial charge in [0.2, 0.25) is 5.16 Å². The van der Waals surface area contributed by atoms with Gasteiger partial charge in [0.1, 0.15) is 6.54 Å². The van der Waals surface area contributed by atoms with Crippen molar-refractivity contribution in [2.45, 2.75) is 16.6 Å². The zero-order valence-electron chi connectivity index (χ0n) is 9.20. The van der Waals surface area contributed by atoms with Crippen LogP contribution >= 0.6 is 11.8 Å². The van der Waals surface area contributed by atoms with Crippen LogP contribution in [0.25, 0.3) is 0 Å². The fourth-order valence-corrected chi connectivity index (χ4v) is 1.88. The van der Waals surface area contributed by atoms with E-state index in [1.54, 1.807) is 0 Å². The molecule has 0 radical (unpaired) electrons. The first-order chi connectivity index (χ1) is 9.06. The van der Waals surface area contributed by atoms with Crippen molar-refractivity contribution in [2.75, 3.05) is 0 Å². The summed E-state index contributed by atoms with van der Waals surface area (Å²) >= 11 is 1.06. The Balaban J connectivity index is 2.15. The molecule has 0 aliphatic heterocycles. The summed E-state index contributed by atoms with van der Waals surface area (Å²) in [4.78, 5) is 24.6. The van der Waals surface area contributed by atoms with E-state index in [1.165, 1.54) is 18.3 Å². The second kappa shape index (κ2) is 5.39. The smallest absolute Gasteiger partial charge is 0.363 e. The van der Waals surface area contributed by atoms with Crippen molar-refractivity contribution < 1.29 is 14.8 Å². The van der Waals surface area contributed by atoms with E-state index in [0.717, 1.165) is 16.4 Å². The Morgan fingerprint density at radius 1 is 1.53 bits per heavy atom. The molecule has 0 atom stereocenters. The number of hydrogen-bond donors (Lipinski definition) is 1. The van der Waals surface area contributed by atoms with Gasteiger partial charge in [0, 0.05) is 6.07 Å². The molecule has 0 aliphatic carbocycles. The SMILES string of the molecule is O=C(O)Cn1nnnc1Sc1ccc([N+](=O)[O-])nc1. The molecule has 0 bridgehead atoms. The predicted molar refractivity (Wildman–Crippen MR) is 60.5 cm³/mol. The van der Waals surface area contributed by atoms with Gasteiger partial charge < -0.3 is 15.2 Å². The topological polar surface area (TPSA) is 137 Å². The highest BCUT2D eigenvalue weighted by Gasteiger charge is 2.13. The standard InChI is InChI=1S/C8H6N6O4S/c15-7(16)4-13-8(10-11-12-13)19-5-1-2-6(9-3-5)14(17)18/h1-3H,4H2,(H,15,16). The van der Waals surface area contributed by atoms with E-state index in [-0.39, 0.29) is 17.5 Å². The lowest BCUT2D eigenvalue weighted by Crippen LogP contribution is -2.11. The van der Waals surface area contributed by atoms with Gasteiger partial charge in [-0.05, 0) is 38.2 Å². The molecule has 98 valence electrons. The third-order valence-corrected chi connectivity index (χ3v) is 2.85. The molecule has 0 fully saturated rings. The van der Waals surface area contributed by atoms with Crippen molar-refractivity contribution in [3.63, 3.8) is 0 Å². The van der Waals surface area contributed by atoms with Gasteiger partial charge in [0.25, 0.3) is 0 Å². The number of nitro groups is 1. The van der Waals surface area contributed by atoms with Crippen molar-refractivity contribution >= 4 is 23.5 Å². The Morgan fingerprint density at radius 2 is 2.32 bits per heavy atom. The largest absolute Gasteiger partial charge is 0.480 e. The molecular formula is C8H6N6O4S. The van der Waals surface area contributed by atoms with Crippen molar-refractivity contribution in [2.24, 2.45) is 0 Å². The number of aliphatic carboxylic acids is 1. The van der Waals surface area contributed by atoms with Crippen molar-refractivity contribution in [1.82, 2.24) is 25.2 Å². The number of carbonyl (C=O) groups is 1. The minimum Gasteiger partial charge on any atom is -0.480 e. The van der Waals surface area contributed by atoms with Crippen LogP contribution < -0.4 is 0 Å². The molecule has 0 aliphatic rings. The zero-order valence-corrected chi connectivity index (χ0v) is 10.0. The molecule has 0 unspecified atom stereocenters. The number of carboxylic acid groups (broad SMARTS) is 1. The van der Waals surface area contributed by atoms with Crippen LogP contribution in [0.3, 0.4) is 0 Å². The van der Waals surface area contributed by atoms with Gasteiger partial charge in [-0.15, -0.1) is 5.10 Å². The van der Waals surface area contributed by atoms with Crippen LogP contribution in [0, 0.1) is 10.1 Å². The molecule has 1 N–H and O–H groups in total. The highest BCUT2D eigenvalue weighted by atomic mass is 32.2. The average Bonchev–Trinajstić information content (AvgIpc) is 2.76. The third-order valence-electron chi connectivity index (χ3n) is 1.90. The Kier molecular flexibility index (Phi) is 3.66. The maximum absolute atomic E-state index is 10.6. The van der Waals surface area contributed by atoms with E-state index in [0.29, 0.717) is 4.90 Å². The molecular weight excluding hydrogens is 276 g/mol. The number of tetrazole rings is 1. The van der Waals surface area contributed by atoms with E-state index in [4.69, 9.17) is 5.11 Å². The predicted octanol–water partition coefficient (Wildman–Crippen LogP) is 0.212. The lowest BCUT2D eigenvalue weighted by atomic mass is 10.5. The van der Waals surface area contributed by atoms with Crippen molar-refractivity contribution in [3.05, 3.63) is 28.4 Å². The van der Waals surface area contributed by atoms with Gasteiger partial charge >= 0.3 is 11.8 Å². The van der Waals surface area contributed by atoms with E-state index >= 15 is 0 Å². The van der Waals surface area contributed by atoms with Crippen LogP contribution in [-0.4, -0.2) is 41.2 Å². The highest BCUT2D eigenvalue weighted by molar-refractivity contribution is 7.99. The molecule has 2 aromatic rings. The molecule has 10 nitrogen and oxygen atoms in total. The van der Waals surface area contributed by atoms with E-state index in [9.17, 15) is 14.9 Å². The molecule has 0 aromatic carbocycles. The van der Waals surface area contributed by atoms with E-state index in [2.05, 4.69) is 20.5 Å². The molecule has 11 heteroatoms. The summed E-state index contributed by atoms with van der Waals surface area (Å²) in [7, 11) is 0. The second-order valence-corrected chi connectivity index (χ2v) is 4.26. The van der Waals surface area contributed by atoms with Crippen molar-refractivity contribution in [3.8, 4) is 0 Å². The molecule has 19 heavy (non-hydrogen) atoms. The first-order valence-corrected chi connectivity index (χ1v) is 5.64. The number of carboxylic acids is 1. The number of pyridine rings is 1. The summed E-state index contributed by atoms with van der Waals surface area (Å²) in [6.07, 6.45) is 1.29. The van der Waals surface area contributed by atoms with Crippen LogP contribution in [0.1, 0.15) is 0 Å². The summed E-state index contributed by atoms with van der Waals surface area (Å²) in [6, 6.07) is 2.73. The Morgan fingerprint density at radius 3 is 2.89 bits per heavy atom. The molecule has 2 heterocycles. The fraction of sp³-hybridized carbons (Fsp3) is 0.125. The summed E-state index contributed by atoms with van der Waals surface area (Å²) in [5.41, 5.74) is 0. The Labute approximate surface area is 109 Å². The minimum atomic E-state index is -1.07. The molecule has 2 aromatic heterocycles. The molecule has 0 spiro atoms. The quantitative estimate of drug-likeness (QED) is 0.602. The van der Waals surface area contributed by atoms with Gasteiger partial charge in [-0.1, -0.05) is 0 Å². The molecule has 0 saturated heterocycles. The van der Waals surface area contributed by atoms with Gasteiger partial charge in [-0.2, -0.15) is 0 Å². The Bertz CT molecular complexity index is 612. The second-order valence-electron chi connectivity index (χ2n) is 3.22. The number of rotatable bonds is 5. The fourth-order valence-electron chi connectivity index (χ4n) is 1.14. The van der Waals surface area contributed by atoms with Gasteiger partial charge in [-0.25, -0.2) is 4.68 Å². The van der Waals surface area contributed by atoms with E-state index in [1.807, 2.05) is 0 Å². The van der Waals surface area contributed by atoms with Gasteiger partial charge in [-0.3, -0.25) is 4.79 Å². The monoisotopic (exact) mass is 282 g/mol. The highest BCUT2D eigenvalue weighted by Crippen LogP contribution is 2.25. The summed E-state index contributed by atoms with van der Waals surface area (Å²) in [5.74, 6) is -1.34. The first kappa shape index (κ1) is 12.9. The number of nitrogens with zero attached hydrogens (tertiary/aromatic N) is 6. The molecule has 0 amide bonds. The van der Waals surface area contributed by atoms with Gasteiger partial charge in [0.05, 0.1) is 4.90 Å². The maximum atomic E-state index is 10.6. The minimum absolute atomic E-state index is 0.262. The van der Waals surface area contributed by atoms with Crippen LogP contribution in [0.2, 0.25) is 0 Å². The lowest BCUT2D eigenvalue weighted by molar-refractivity contribution is -0.389. The number of aromatic nitrogens is 5. The molecule has 2 rings (SSSR count). The van der Waals surface area contributed by atoms with Crippen LogP contribution in [0.5, 0.6) is 0 Å². The summed E-state index contributed by atoms with van der Waals surface area (Å²) in [6.45, 7) is -0.365. The summed E-state index contributed by atoms with van der Waals surface area (Å²) < 4.78 is 1.11. The average molecular weight is 282 g/mol. The first-order valence-electron chi connectivity index (χ1n) is 4.82. The molecule has 0 saturated carbocycles. The Hall–Kier alpha value is -2.56. The van der Waals surface area contributed by atoms with Crippen LogP contribution in [0.15, 0.2) is 28.4 Å². The van der Waals surface area contributed by atoms with Gasteiger partial charge in [0.15, 0.2) is 6.20 Å². The van der Waals surface area contributed by atoms with Crippen molar-refractivity contribution in [1.29, 1.82) is 0 Å². The lowest BCUT2D eigenvalue weighted by Gasteiger charge is -1.99. The van der Waals surface area contributed by atoms with Crippen LogP contribution in [0.4, 0.5) is 5.82 Å². The maximum Gasteiger partial charge on any atom is 0.363 e. The zero-order chi connectivity index (χ0) is 13.8. The van der Waals surface area contributed by atoms with E-state index < -0.39 is 10.9 Å². The normalized spacial score (nSPS) is 10.3.